The molecular weight excluding hydrogens is 414 g/mol. The van der Waals surface area contributed by atoms with Crippen molar-refractivity contribution in [2.45, 2.75) is 18.2 Å². The lowest BCUT2D eigenvalue weighted by Crippen LogP contribution is -2.15. The van der Waals surface area contributed by atoms with Crippen LogP contribution in [0.2, 0.25) is 0 Å². The average Bonchev–Trinajstić information content (AvgIpc) is 2.75. The van der Waals surface area contributed by atoms with E-state index in [0.717, 1.165) is 10.5 Å². The van der Waals surface area contributed by atoms with Gasteiger partial charge in [-0.05, 0) is 48.4 Å². The molecule has 0 bridgehead atoms. The third kappa shape index (κ3) is 6.68. The van der Waals surface area contributed by atoms with Crippen molar-refractivity contribution in [3.63, 3.8) is 0 Å². The molecule has 0 aliphatic carbocycles. The molecule has 158 valence electrons. The van der Waals surface area contributed by atoms with Crippen molar-refractivity contribution in [2.24, 2.45) is 0 Å². The Balaban J connectivity index is 1.48. The number of carbonyl (C=O) groups excluding carboxylic acids is 2. The number of hydrogen-bond donors (Lipinski definition) is 2. The van der Waals surface area contributed by atoms with Crippen LogP contribution in [0.3, 0.4) is 0 Å². The van der Waals surface area contributed by atoms with E-state index in [4.69, 9.17) is 0 Å². The molecule has 0 saturated carbocycles. The largest absolute Gasteiger partial charge is 0.326 e. The molecule has 0 unspecified atom stereocenters. The van der Waals surface area contributed by atoms with Gasteiger partial charge in [0.1, 0.15) is 0 Å². The van der Waals surface area contributed by atoms with Crippen molar-refractivity contribution in [3.8, 4) is 0 Å². The lowest BCUT2D eigenvalue weighted by molar-refractivity contribution is -0.384. The molecule has 2 N–H and O–H groups in total. The number of non-ortho nitro benzene ring substituents is 1. The Labute approximate surface area is 184 Å². The monoisotopic (exact) mass is 435 g/mol. The molecule has 31 heavy (non-hydrogen) atoms. The molecular formula is C23H21N3O4S. The van der Waals surface area contributed by atoms with E-state index in [2.05, 4.69) is 10.6 Å². The number of aryl methyl sites for hydroxylation is 1. The van der Waals surface area contributed by atoms with Gasteiger partial charge in [0.2, 0.25) is 11.8 Å². The van der Waals surface area contributed by atoms with E-state index in [1.165, 1.54) is 30.0 Å². The maximum absolute atomic E-state index is 12.2. The van der Waals surface area contributed by atoms with E-state index in [9.17, 15) is 19.7 Å². The lowest BCUT2D eigenvalue weighted by atomic mass is 10.1. The van der Waals surface area contributed by atoms with E-state index >= 15 is 0 Å². The number of nitro benzene ring substituents is 1. The highest BCUT2D eigenvalue weighted by molar-refractivity contribution is 8.00. The Bertz CT molecular complexity index is 1090. The van der Waals surface area contributed by atoms with Crippen LogP contribution in [-0.2, 0) is 16.0 Å². The van der Waals surface area contributed by atoms with Gasteiger partial charge in [-0.3, -0.25) is 19.7 Å². The second-order valence-corrected chi connectivity index (χ2v) is 7.88. The van der Waals surface area contributed by atoms with Gasteiger partial charge < -0.3 is 10.6 Å². The predicted molar refractivity (Wildman–Crippen MR) is 122 cm³/mol. The van der Waals surface area contributed by atoms with Crippen LogP contribution in [0.25, 0.3) is 0 Å². The van der Waals surface area contributed by atoms with E-state index < -0.39 is 4.92 Å². The fourth-order valence-corrected chi connectivity index (χ4v) is 3.56. The summed E-state index contributed by atoms with van der Waals surface area (Å²) in [6.07, 6.45) is 0.305. The fraction of sp³-hybridized carbons (Fsp3) is 0.130. The van der Waals surface area contributed by atoms with Crippen LogP contribution in [0.15, 0.2) is 77.7 Å². The van der Waals surface area contributed by atoms with Crippen LogP contribution in [-0.4, -0.2) is 22.5 Å². The molecule has 0 heterocycles. The minimum Gasteiger partial charge on any atom is -0.326 e. The third-order valence-corrected chi connectivity index (χ3v) is 5.42. The normalized spacial score (nSPS) is 10.4. The number of amides is 2. The lowest BCUT2D eigenvalue weighted by Gasteiger charge is -2.09. The Hall–Kier alpha value is -3.65. The number of nitrogens with one attached hydrogen (secondary N) is 2. The van der Waals surface area contributed by atoms with E-state index in [1.807, 2.05) is 42.5 Å². The second-order valence-electron chi connectivity index (χ2n) is 6.83. The number of benzene rings is 3. The summed E-state index contributed by atoms with van der Waals surface area (Å²) in [5.74, 6) is -0.109. The van der Waals surface area contributed by atoms with Gasteiger partial charge in [0.15, 0.2) is 0 Å². The second kappa shape index (κ2) is 10.4. The van der Waals surface area contributed by atoms with Crippen LogP contribution < -0.4 is 10.6 Å². The first-order valence-corrected chi connectivity index (χ1v) is 10.5. The third-order valence-electron chi connectivity index (χ3n) is 4.41. The molecule has 0 aliphatic rings. The van der Waals surface area contributed by atoms with Gasteiger partial charge in [-0.15, -0.1) is 11.8 Å². The maximum Gasteiger partial charge on any atom is 0.269 e. The standard InChI is InChI=1S/C23H21N3O4S/c1-16-13-19(26(29)30)9-12-21(16)25-23(28)15-31-20-10-7-18(8-11-20)24-22(27)14-17-5-3-2-4-6-17/h2-13H,14-15H2,1H3,(H,24,27)(H,25,28). The highest BCUT2D eigenvalue weighted by Crippen LogP contribution is 2.23. The minimum atomic E-state index is -0.470. The molecule has 0 atom stereocenters. The fourth-order valence-electron chi connectivity index (χ4n) is 2.86. The molecule has 8 heteroatoms. The molecule has 7 nitrogen and oxygen atoms in total. The summed E-state index contributed by atoms with van der Waals surface area (Å²) in [7, 11) is 0. The van der Waals surface area contributed by atoms with Crippen LogP contribution in [0.5, 0.6) is 0 Å². The Morgan fingerprint density at radius 2 is 1.65 bits per heavy atom. The van der Waals surface area contributed by atoms with Gasteiger partial charge in [0.25, 0.3) is 5.69 Å². The number of hydrogen-bond acceptors (Lipinski definition) is 5. The summed E-state index contributed by atoms with van der Waals surface area (Å²) in [6, 6.07) is 21.1. The van der Waals surface area contributed by atoms with Gasteiger partial charge in [-0.1, -0.05) is 30.3 Å². The van der Waals surface area contributed by atoms with Crippen LogP contribution in [0, 0.1) is 17.0 Å². The number of nitro groups is 1. The van der Waals surface area contributed by atoms with Gasteiger partial charge >= 0.3 is 0 Å². The Morgan fingerprint density at radius 1 is 0.935 bits per heavy atom. The van der Waals surface area contributed by atoms with Crippen molar-refractivity contribution in [3.05, 3.63) is 94.0 Å². The first kappa shape index (κ1) is 22.0. The van der Waals surface area contributed by atoms with E-state index in [-0.39, 0.29) is 23.3 Å². The summed E-state index contributed by atoms with van der Waals surface area (Å²) in [6.45, 7) is 1.71. The highest BCUT2D eigenvalue weighted by atomic mass is 32.2. The summed E-state index contributed by atoms with van der Waals surface area (Å²) in [5, 5.41) is 16.4. The molecule has 3 rings (SSSR count). The highest BCUT2D eigenvalue weighted by Gasteiger charge is 2.11. The van der Waals surface area contributed by atoms with E-state index in [0.29, 0.717) is 23.4 Å². The molecule has 0 radical (unpaired) electrons. The number of carbonyl (C=O) groups is 2. The summed E-state index contributed by atoms with van der Waals surface area (Å²) in [5.41, 5.74) is 2.80. The molecule has 0 spiro atoms. The summed E-state index contributed by atoms with van der Waals surface area (Å²) < 4.78 is 0. The first-order chi connectivity index (χ1) is 14.9. The van der Waals surface area contributed by atoms with Crippen LogP contribution in [0.1, 0.15) is 11.1 Å². The van der Waals surface area contributed by atoms with Crippen LogP contribution >= 0.6 is 11.8 Å². The first-order valence-electron chi connectivity index (χ1n) is 9.52. The van der Waals surface area contributed by atoms with Gasteiger partial charge in [0, 0.05) is 28.4 Å². The van der Waals surface area contributed by atoms with E-state index in [1.54, 1.807) is 19.1 Å². The number of anilines is 2. The molecule has 2 amide bonds. The zero-order valence-electron chi connectivity index (χ0n) is 16.8. The van der Waals surface area contributed by atoms with Crippen molar-refractivity contribution >= 4 is 40.6 Å². The zero-order chi connectivity index (χ0) is 22.2. The molecule has 0 fully saturated rings. The number of nitrogens with zero attached hydrogens (tertiary/aromatic N) is 1. The Morgan fingerprint density at radius 3 is 2.29 bits per heavy atom. The molecule has 0 aliphatic heterocycles. The number of thioether (sulfide) groups is 1. The average molecular weight is 436 g/mol. The topological polar surface area (TPSA) is 101 Å². The molecule has 0 saturated heterocycles. The summed E-state index contributed by atoms with van der Waals surface area (Å²) >= 11 is 1.36. The minimum absolute atomic E-state index is 0.0131. The quantitative estimate of drug-likeness (QED) is 0.300. The molecule has 3 aromatic carbocycles. The van der Waals surface area contributed by atoms with Crippen molar-refractivity contribution in [1.82, 2.24) is 0 Å². The maximum atomic E-state index is 12.2. The molecule has 3 aromatic rings. The smallest absolute Gasteiger partial charge is 0.269 e. The van der Waals surface area contributed by atoms with Crippen molar-refractivity contribution in [1.29, 1.82) is 0 Å². The van der Waals surface area contributed by atoms with Crippen molar-refractivity contribution < 1.29 is 14.5 Å². The Kier molecular flexibility index (Phi) is 7.40. The number of rotatable bonds is 8. The zero-order valence-corrected chi connectivity index (χ0v) is 17.6. The van der Waals surface area contributed by atoms with Gasteiger partial charge in [-0.25, -0.2) is 0 Å². The predicted octanol–water partition coefficient (Wildman–Crippen LogP) is 4.82. The van der Waals surface area contributed by atoms with Crippen molar-refractivity contribution in [2.75, 3.05) is 16.4 Å². The van der Waals surface area contributed by atoms with Crippen LogP contribution in [0.4, 0.5) is 17.1 Å². The van der Waals surface area contributed by atoms with Gasteiger partial charge in [0.05, 0.1) is 17.1 Å². The van der Waals surface area contributed by atoms with Gasteiger partial charge in [-0.2, -0.15) is 0 Å². The SMILES string of the molecule is Cc1cc([N+](=O)[O-])ccc1NC(=O)CSc1ccc(NC(=O)Cc2ccccc2)cc1. The molecule has 0 aromatic heterocycles. The summed E-state index contributed by atoms with van der Waals surface area (Å²) in [4.78, 5) is 35.6.